The van der Waals surface area contributed by atoms with Crippen LogP contribution in [-0.2, 0) is 14.4 Å². The number of nitrogens with zero attached hydrogens (tertiary/aromatic N) is 3. The van der Waals surface area contributed by atoms with E-state index in [4.69, 9.17) is 23.2 Å². The van der Waals surface area contributed by atoms with Crippen molar-refractivity contribution in [1.29, 1.82) is 0 Å². The van der Waals surface area contributed by atoms with Crippen LogP contribution in [0.3, 0.4) is 0 Å². The Kier molecular flexibility index (Phi) is 7.68. The number of piperazine rings is 1. The van der Waals surface area contributed by atoms with Crippen molar-refractivity contribution in [3.63, 3.8) is 0 Å². The zero-order valence-electron chi connectivity index (χ0n) is 20.0. The predicted molar refractivity (Wildman–Crippen MR) is 133 cm³/mol. The monoisotopic (exact) mass is 540 g/mol. The number of aliphatic carboxylic acids is 1. The molecule has 1 saturated carbocycles. The van der Waals surface area contributed by atoms with Gasteiger partial charge in [0.25, 0.3) is 0 Å². The first kappa shape index (κ1) is 26.5. The number of hydrogen-bond acceptors (Lipinski definition) is 5. The van der Waals surface area contributed by atoms with Crippen molar-refractivity contribution in [2.45, 2.75) is 57.2 Å². The fourth-order valence-electron chi connectivity index (χ4n) is 5.02. The molecule has 0 radical (unpaired) electrons. The average molecular weight is 541 g/mol. The molecule has 0 bridgehead atoms. The Morgan fingerprint density at radius 2 is 1.86 bits per heavy atom. The molecule has 4 rings (SSSR count). The minimum absolute atomic E-state index is 0.000165. The summed E-state index contributed by atoms with van der Waals surface area (Å²) in [6.07, 6.45) is 2.73. The molecule has 3 N–H and O–H groups in total. The lowest BCUT2D eigenvalue weighted by atomic mass is 9.90. The van der Waals surface area contributed by atoms with Crippen molar-refractivity contribution in [2.24, 2.45) is 5.41 Å². The van der Waals surface area contributed by atoms with Crippen LogP contribution < -0.4 is 5.32 Å². The second-order valence-electron chi connectivity index (χ2n) is 9.84. The van der Waals surface area contributed by atoms with E-state index < -0.39 is 36.1 Å². The highest BCUT2D eigenvalue weighted by molar-refractivity contribution is 6.42. The maximum absolute atomic E-state index is 13.1. The van der Waals surface area contributed by atoms with Crippen LogP contribution in [0.2, 0.25) is 10.0 Å². The van der Waals surface area contributed by atoms with Crippen molar-refractivity contribution in [2.75, 3.05) is 31.5 Å². The molecule has 36 heavy (non-hydrogen) atoms. The third-order valence-corrected chi connectivity index (χ3v) is 8.32. The van der Waals surface area contributed by atoms with E-state index in [0.29, 0.717) is 23.8 Å². The summed E-state index contributed by atoms with van der Waals surface area (Å²) in [6, 6.07) is 1.75. The first-order chi connectivity index (χ1) is 17.0. The molecular weight excluding hydrogens is 511 g/mol. The van der Waals surface area contributed by atoms with E-state index in [0.717, 1.165) is 19.3 Å². The van der Waals surface area contributed by atoms with Crippen LogP contribution in [0.1, 0.15) is 39.0 Å². The summed E-state index contributed by atoms with van der Waals surface area (Å²) >= 11 is 11.9. The number of carboxylic acid groups (broad SMARTS) is 1. The Bertz CT molecular complexity index is 1070. The van der Waals surface area contributed by atoms with Crippen molar-refractivity contribution in [3.05, 3.63) is 28.2 Å². The van der Waals surface area contributed by atoms with Gasteiger partial charge in [0.2, 0.25) is 11.8 Å². The minimum Gasteiger partial charge on any atom is -0.480 e. The number of nitrogens with one attached hydrogen (secondary N) is 1. The highest BCUT2D eigenvalue weighted by atomic mass is 35.5. The molecular formula is C24H30Cl2N4O6. The number of piperidine rings is 1. The number of β-amino-alcohol motifs (C(OH)–C–C–N with tert-alkyl or cyclic N) is 1. The van der Waals surface area contributed by atoms with Crippen molar-refractivity contribution in [3.8, 4) is 0 Å². The van der Waals surface area contributed by atoms with Crippen LogP contribution in [0.25, 0.3) is 0 Å². The Labute approximate surface area is 219 Å². The third-order valence-electron chi connectivity index (χ3n) is 7.59. The van der Waals surface area contributed by atoms with Gasteiger partial charge in [0.15, 0.2) is 0 Å². The van der Waals surface area contributed by atoms with Gasteiger partial charge in [-0.05, 0) is 56.2 Å². The van der Waals surface area contributed by atoms with Crippen LogP contribution in [-0.4, -0.2) is 93.1 Å². The summed E-state index contributed by atoms with van der Waals surface area (Å²) in [7, 11) is 0. The van der Waals surface area contributed by atoms with Gasteiger partial charge in [-0.25, -0.2) is 9.59 Å². The summed E-state index contributed by atoms with van der Waals surface area (Å²) in [5.41, 5.74) is 0.358. The molecule has 10 nitrogen and oxygen atoms in total. The zero-order valence-corrected chi connectivity index (χ0v) is 21.5. The number of amides is 4. The summed E-state index contributed by atoms with van der Waals surface area (Å²) in [5.74, 6) is -1.85. The van der Waals surface area contributed by atoms with Crippen LogP contribution in [0.4, 0.5) is 10.5 Å². The number of benzene rings is 1. The smallest absolute Gasteiger partial charge is 0.328 e. The van der Waals surface area contributed by atoms with E-state index in [1.807, 2.05) is 0 Å². The quantitative estimate of drug-likeness (QED) is 0.508. The number of carboxylic acids is 1. The molecule has 3 aliphatic rings. The lowest BCUT2D eigenvalue weighted by Gasteiger charge is -2.42. The number of likely N-dealkylation sites (tertiary alicyclic amines) is 1. The summed E-state index contributed by atoms with van der Waals surface area (Å²) < 4.78 is 0. The van der Waals surface area contributed by atoms with E-state index in [1.165, 1.54) is 28.9 Å². The topological polar surface area (TPSA) is 130 Å². The van der Waals surface area contributed by atoms with Crippen molar-refractivity contribution < 1.29 is 29.4 Å². The van der Waals surface area contributed by atoms with Gasteiger partial charge in [0.05, 0.1) is 22.7 Å². The number of halogens is 2. The minimum atomic E-state index is -1.24. The first-order valence-corrected chi connectivity index (χ1v) is 12.8. The number of rotatable bonds is 6. The normalized spacial score (nSPS) is 25.2. The Balaban J connectivity index is 1.34. The molecule has 2 heterocycles. The molecule has 1 aliphatic carbocycles. The highest BCUT2D eigenvalue weighted by Crippen LogP contribution is 2.53. The van der Waals surface area contributed by atoms with Gasteiger partial charge in [-0.2, -0.15) is 0 Å². The maximum Gasteiger partial charge on any atom is 0.328 e. The lowest BCUT2D eigenvalue weighted by Crippen LogP contribution is -2.65. The molecule has 1 aromatic rings. The van der Waals surface area contributed by atoms with Gasteiger partial charge in [-0.3, -0.25) is 9.59 Å². The second kappa shape index (κ2) is 10.4. The molecule has 2 unspecified atom stereocenters. The number of aliphatic hydroxyl groups is 1. The van der Waals surface area contributed by atoms with Gasteiger partial charge in [0.1, 0.15) is 12.1 Å². The SMILES string of the molecule is CC1C(=O)N(CCCC(=O)N2CCC3(CC3)[C@H](O)C2)C(C(=O)O)CN1C(=O)Nc1ccc(Cl)c(Cl)c1. The molecule has 0 aromatic heterocycles. The summed E-state index contributed by atoms with van der Waals surface area (Å²) in [4.78, 5) is 54.6. The predicted octanol–water partition coefficient (Wildman–Crippen LogP) is 2.66. The van der Waals surface area contributed by atoms with Crippen LogP contribution in [0.15, 0.2) is 18.2 Å². The van der Waals surface area contributed by atoms with Gasteiger partial charge < -0.3 is 30.2 Å². The molecule has 196 valence electrons. The molecule has 1 aromatic carbocycles. The van der Waals surface area contributed by atoms with E-state index >= 15 is 0 Å². The molecule has 2 aliphatic heterocycles. The Hall–Kier alpha value is -2.56. The number of hydrogen-bond donors (Lipinski definition) is 3. The maximum atomic E-state index is 13.1. The number of aliphatic hydroxyl groups excluding tert-OH is 1. The van der Waals surface area contributed by atoms with Gasteiger partial charge in [0, 0.05) is 31.7 Å². The molecule has 12 heteroatoms. The van der Waals surface area contributed by atoms with Gasteiger partial charge in [-0.1, -0.05) is 23.2 Å². The molecule has 3 atom stereocenters. The summed E-state index contributed by atoms with van der Waals surface area (Å²) in [5, 5.41) is 23.3. The average Bonchev–Trinajstić information content (AvgIpc) is 3.61. The van der Waals surface area contributed by atoms with E-state index in [2.05, 4.69) is 5.32 Å². The number of urea groups is 1. The largest absolute Gasteiger partial charge is 0.480 e. The highest BCUT2D eigenvalue weighted by Gasteiger charge is 2.51. The van der Waals surface area contributed by atoms with Gasteiger partial charge in [-0.15, -0.1) is 0 Å². The van der Waals surface area contributed by atoms with Crippen LogP contribution in [0.5, 0.6) is 0 Å². The van der Waals surface area contributed by atoms with E-state index in [9.17, 15) is 29.4 Å². The fourth-order valence-corrected chi connectivity index (χ4v) is 5.32. The van der Waals surface area contributed by atoms with Crippen LogP contribution in [0, 0.1) is 5.41 Å². The summed E-state index contributed by atoms with van der Waals surface area (Å²) in [6.45, 7) is 2.34. The number of anilines is 1. The molecule has 3 fully saturated rings. The Morgan fingerprint density at radius 1 is 1.14 bits per heavy atom. The number of carbonyl (C=O) groups is 4. The standard InChI is InChI=1S/C24H30Cl2N4O6/c1-14-21(33)29(9-2-3-20(32)28-10-8-24(6-7-24)19(31)13-28)18(22(34)35)12-30(14)23(36)27-15-4-5-16(25)17(26)11-15/h4-5,11,14,18-19,31H,2-3,6-10,12-13H2,1H3,(H,27,36)(H,34,35)/t14?,18?,19-/m1/s1. The van der Waals surface area contributed by atoms with Crippen molar-refractivity contribution in [1.82, 2.24) is 14.7 Å². The Morgan fingerprint density at radius 3 is 2.47 bits per heavy atom. The third kappa shape index (κ3) is 5.40. The first-order valence-electron chi connectivity index (χ1n) is 12.0. The zero-order chi connectivity index (χ0) is 26.2. The second-order valence-corrected chi connectivity index (χ2v) is 10.7. The fraction of sp³-hybridized carbons (Fsp3) is 0.583. The molecule has 1 spiro atoms. The van der Waals surface area contributed by atoms with Crippen molar-refractivity contribution >= 4 is 52.7 Å². The van der Waals surface area contributed by atoms with Crippen LogP contribution >= 0.6 is 23.2 Å². The van der Waals surface area contributed by atoms with Gasteiger partial charge >= 0.3 is 12.0 Å². The number of carbonyl (C=O) groups excluding carboxylic acids is 3. The van der Waals surface area contributed by atoms with E-state index in [-0.39, 0.29) is 42.3 Å². The lowest BCUT2D eigenvalue weighted by molar-refractivity contribution is -0.157. The van der Waals surface area contributed by atoms with E-state index in [1.54, 1.807) is 11.0 Å². The molecule has 4 amide bonds. The molecule has 2 saturated heterocycles.